The lowest BCUT2D eigenvalue weighted by molar-refractivity contribution is -0.122. The molecule has 3 rings (SSSR count). The van der Waals surface area contributed by atoms with E-state index in [1.165, 1.54) is 4.90 Å². The lowest BCUT2D eigenvalue weighted by Crippen LogP contribution is -2.32. The van der Waals surface area contributed by atoms with Crippen LogP contribution in [-0.2, 0) is 9.59 Å². The van der Waals surface area contributed by atoms with Crippen molar-refractivity contribution in [2.75, 3.05) is 16.8 Å². The first kappa shape index (κ1) is 20.5. The van der Waals surface area contributed by atoms with Crippen molar-refractivity contribution >= 4 is 23.2 Å². The van der Waals surface area contributed by atoms with Gasteiger partial charge in [0.1, 0.15) is 0 Å². The molecule has 0 atom stereocenters. The average Bonchev–Trinajstić information content (AvgIpc) is 3.20. The summed E-state index contributed by atoms with van der Waals surface area (Å²) in [5.74, 6) is -0.984. The molecule has 0 unspecified atom stereocenters. The Morgan fingerprint density at radius 3 is 2.63 bits per heavy atom. The number of para-hydroxylation sites is 1. The zero-order valence-corrected chi connectivity index (χ0v) is 16.0. The molecule has 9 nitrogen and oxygen atoms in total. The highest BCUT2D eigenvalue weighted by atomic mass is 16.5. The second-order valence-corrected chi connectivity index (χ2v) is 6.36. The minimum atomic E-state index is -0.669. The molecule has 3 aromatic rings. The first-order chi connectivity index (χ1) is 14.6. The van der Waals surface area contributed by atoms with E-state index >= 15 is 0 Å². The van der Waals surface area contributed by atoms with Crippen LogP contribution >= 0.6 is 0 Å². The van der Waals surface area contributed by atoms with Crippen LogP contribution < -0.4 is 16.0 Å². The van der Waals surface area contributed by atoms with Gasteiger partial charge in [-0.3, -0.25) is 19.1 Å². The Hall–Kier alpha value is -4.19. The fraction of sp³-hybridized carbons (Fsp3) is 0.190. The van der Waals surface area contributed by atoms with Crippen molar-refractivity contribution in [3.8, 4) is 17.5 Å². The number of hydrogen-bond acceptors (Lipinski definition) is 6. The third kappa shape index (κ3) is 5.42. The molecule has 9 heteroatoms. The number of aromatic nitrogens is 2. The predicted octanol–water partition coefficient (Wildman–Crippen LogP) is 2.70. The summed E-state index contributed by atoms with van der Waals surface area (Å²) in [4.78, 5) is 40.0. The molecule has 0 radical (unpaired) electrons. The maximum absolute atomic E-state index is 12.6. The third-order valence-corrected chi connectivity index (χ3v) is 4.24. The van der Waals surface area contributed by atoms with E-state index < -0.39 is 5.76 Å². The molecule has 2 amide bonds. The molecule has 1 heterocycles. The molecule has 0 aliphatic rings. The number of nitrogens with zero attached hydrogens (tertiary/aromatic N) is 3. The number of H-pyrrole nitrogens is 1. The van der Waals surface area contributed by atoms with Crippen molar-refractivity contribution < 1.29 is 14.1 Å². The molecule has 1 aromatic heterocycles. The van der Waals surface area contributed by atoms with Gasteiger partial charge in [-0.1, -0.05) is 35.5 Å². The summed E-state index contributed by atoms with van der Waals surface area (Å²) in [6.07, 6.45) is 0.186. The number of aromatic amines is 1. The van der Waals surface area contributed by atoms with Crippen molar-refractivity contribution in [2.45, 2.75) is 19.3 Å². The van der Waals surface area contributed by atoms with Crippen LogP contribution in [0.4, 0.5) is 11.4 Å². The molecule has 0 saturated carbocycles. The maximum Gasteiger partial charge on any atom is 0.439 e. The van der Waals surface area contributed by atoms with E-state index in [0.717, 1.165) is 0 Å². The number of rotatable bonds is 8. The summed E-state index contributed by atoms with van der Waals surface area (Å²) in [7, 11) is 0. The standard InChI is InChI=1S/C21H19N5O4/c22-12-5-13-26(17-8-2-1-3-9-17)19(28)11-10-18(27)23-16-7-4-6-15(14-16)20-24-21(29)30-25-20/h1-4,6-9,14H,5,10-11,13H2,(H,23,27)(H,24,25,29). The van der Waals surface area contributed by atoms with Gasteiger partial charge < -0.3 is 10.2 Å². The SMILES string of the molecule is N#CCCN(C(=O)CCC(=O)Nc1cccc(-c2noc(=O)[nH]2)c1)c1ccccc1. The van der Waals surface area contributed by atoms with Crippen LogP contribution in [0.1, 0.15) is 19.3 Å². The van der Waals surface area contributed by atoms with Gasteiger partial charge in [-0.2, -0.15) is 5.26 Å². The van der Waals surface area contributed by atoms with Crippen LogP contribution in [0, 0.1) is 11.3 Å². The lowest BCUT2D eigenvalue weighted by atomic mass is 10.2. The smallest absolute Gasteiger partial charge is 0.326 e. The lowest BCUT2D eigenvalue weighted by Gasteiger charge is -2.21. The Morgan fingerprint density at radius 2 is 1.93 bits per heavy atom. The molecule has 2 aromatic carbocycles. The predicted molar refractivity (Wildman–Crippen MR) is 109 cm³/mol. The number of carbonyl (C=O) groups is 2. The molecule has 0 saturated heterocycles. The van der Waals surface area contributed by atoms with Crippen molar-refractivity contribution in [2.24, 2.45) is 0 Å². The van der Waals surface area contributed by atoms with Gasteiger partial charge in [-0.05, 0) is 24.3 Å². The highest BCUT2D eigenvalue weighted by Crippen LogP contribution is 2.19. The largest absolute Gasteiger partial charge is 0.439 e. The van der Waals surface area contributed by atoms with E-state index in [4.69, 9.17) is 5.26 Å². The number of hydrogen-bond donors (Lipinski definition) is 2. The van der Waals surface area contributed by atoms with Crippen LogP contribution in [0.15, 0.2) is 63.9 Å². The van der Waals surface area contributed by atoms with Crippen LogP contribution in [-0.4, -0.2) is 28.5 Å². The molecule has 0 aliphatic heterocycles. The van der Waals surface area contributed by atoms with E-state index in [1.54, 1.807) is 36.4 Å². The molecular weight excluding hydrogens is 386 g/mol. The fourth-order valence-electron chi connectivity index (χ4n) is 2.84. The Kier molecular flexibility index (Phi) is 6.74. The van der Waals surface area contributed by atoms with Crippen molar-refractivity contribution in [3.63, 3.8) is 0 Å². The summed E-state index contributed by atoms with van der Waals surface area (Å²) in [6, 6.07) is 17.8. The van der Waals surface area contributed by atoms with Gasteiger partial charge in [-0.15, -0.1) is 0 Å². The Bertz CT molecular complexity index is 1110. The van der Waals surface area contributed by atoms with E-state index in [-0.39, 0.29) is 43.4 Å². The normalized spacial score (nSPS) is 10.2. The van der Waals surface area contributed by atoms with E-state index in [0.29, 0.717) is 16.9 Å². The molecule has 30 heavy (non-hydrogen) atoms. The quantitative estimate of drug-likeness (QED) is 0.592. The zero-order valence-electron chi connectivity index (χ0n) is 16.0. The first-order valence-corrected chi connectivity index (χ1v) is 9.25. The second kappa shape index (κ2) is 9.84. The Balaban J connectivity index is 1.60. The van der Waals surface area contributed by atoms with Crippen LogP contribution in [0.25, 0.3) is 11.4 Å². The van der Waals surface area contributed by atoms with Crippen molar-refractivity contribution in [3.05, 3.63) is 65.1 Å². The second-order valence-electron chi connectivity index (χ2n) is 6.36. The molecular formula is C21H19N5O4. The minimum absolute atomic E-state index is 0.00243. The number of anilines is 2. The van der Waals surface area contributed by atoms with Gasteiger partial charge in [0.2, 0.25) is 11.8 Å². The van der Waals surface area contributed by atoms with Gasteiger partial charge in [0, 0.05) is 36.3 Å². The molecule has 0 aliphatic carbocycles. The molecule has 0 bridgehead atoms. The third-order valence-electron chi connectivity index (χ3n) is 4.24. The molecule has 0 fully saturated rings. The van der Waals surface area contributed by atoms with Crippen LogP contribution in [0.2, 0.25) is 0 Å². The summed E-state index contributed by atoms with van der Waals surface area (Å²) < 4.78 is 4.48. The number of amides is 2. The number of nitriles is 1. The van der Waals surface area contributed by atoms with Gasteiger partial charge in [0.05, 0.1) is 12.5 Å². The highest BCUT2D eigenvalue weighted by molar-refractivity contribution is 5.98. The molecule has 152 valence electrons. The Morgan fingerprint density at radius 1 is 1.13 bits per heavy atom. The van der Waals surface area contributed by atoms with E-state index in [9.17, 15) is 14.4 Å². The maximum atomic E-state index is 12.6. The topological polar surface area (TPSA) is 132 Å². The summed E-state index contributed by atoms with van der Waals surface area (Å²) in [6.45, 7) is 0.263. The van der Waals surface area contributed by atoms with Gasteiger partial charge in [0.15, 0.2) is 5.82 Å². The fourth-order valence-corrected chi connectivity index (χ4v) is 2.84. The van der Waals surface area contributed by atoms with Crippen LogP contribution in [0.5, 0.6) is 0 Å². The molecule has 0 spiro atoms. The van der Waals surface area contributed by atoms with Gasteiger partial charge >= 0.3 is 5.76 Å². The summed E-state index contributed by atoms with van der Waals surface area (Å²) in [5, 5.41) is 15.2. The van der Waals surface area contributed by atoms with E-state index in [1.807, 2.05) is 24.3 Å². The van der Waals surface area contributed by atoms with Crippen LogP contribution in [0.3, 0.4) is 0 Å². The average molecular weight is 405 g/mol. The highest BCUT2D eigenvalue weighted by Gasteiger charge is 2.17. The van der Waals surface area contributed by atoms with E-state index in [2.05, 4.69) is 20.0 Å². The van der Waals surface area contributed by atoms with Crippen molar-refractivity contribution in [1.82, 2.24) is 10.1 Å². The number of nitrogens with one attached hydrogen (secondary N) is 2. The van der Waals surface area contributed by atoms with Gasteiger partial charge in [-0.25, -0.2) is 4.79 Å². The van der Waals surface area contributed by atoms with Crippen molar-refractivity contribution in [1.29, 1.82) is 5.26 Å². The summed E-state index contributed by atoms with van der Waals surface area (Å²) in [5.41, 5.74) is 1.76. The first-order valence-electron chi connectivity index (χ1n) is 9.25. The number of benzene rings is 2. The Labute approximate surface area is 171 Å². The summed E-state index contributed by atoms with van der Waals surface area (Å²) >= 11 is 0. The van der Waals surface area contributed by atoms with Gasteiger partial charge in [0.25, 0.3) is 0 Å². The number of carbonyl (C=O) groups excluding carboxylic acids is 2. The zero-order chi connectivity index (χ0) is 21.3. The minimum Gasteiger partial charge on any atom is -0.326 e. The molecule has 2 N–H and O–H groups in total. The monoisotopic (exact) mass is 405 g/mol.